The van der Waals surface area contributed by atoms with Gasteiger partial charge in [-0.05, 0) is 23.9 Å². The van der Waals surface area contributed by atoms with Crippen LogP contribution in [0.4, 0.5) is 13.2 Å². The number of aromatic amines is 1. The van der Waals surface area contributed by atoms with E-state index < -0.39 is 23.7 Å². The SMILES string of the molecule is CO[C@](C(=O)N1CCN(C)C[C@@H]1c1ncc(-c2ccc3ccccc3c2)[nH]1)(c1ccccc1)C(F)(F)F. The van der Waals surface area contributed by atoms with Gasteiger partial charge in [-0.3, -0.25) is 4.79 Å². The number of imidazole rings is 1. The molecule has 1 aromatic heterocycles. The van der Waals surface area contributed by atoms with Gasteiger partial charge in [0, 0.05) is 37.9 Å². The number of nitrogens with zero attached hydrogens (tertiary/aromatic N) is 3. The van der Waals surface area contributed by atoms with Crippen LogP contribution in [-0.4, -0.2) is 65.6 Å². The number of hydrogen-bond donors (Lipinski definition) is 1. The number of halogens is 3. The van der Waals surface area contributed by atoms with E-state index in [0.717, 1.165) is 29.1 Å². The normalized spacial score (nSPS) is 18.6. The second kappa shape index (κ2) is 9.64. The fourth-order valence-electron chi connectivity index (χ4n) is 5.01. The molecule has 1 fully saturated rings. The van der Waals surface area contributed by atoms with Crippen molar-refractivity contribution in [2.75, 3.05) is 33.8 Å². The van der Waals surface area contributed by atoms with E-state index in [4.69, 9.17) is 4.74 Å². The first-order valence-electron chi connectivity index (χ1n) is 12.0. The van der Waals surface area contributed by atoms with E-state index in [1.165, 1.54) is 29.2 Å². The summed E-state index contributed by atoms with van der Waals surface area (Å²) in [6.45, 7) is 0.843. The van der Waals surface area contributed by atoms with E-state index in [9.17, 15) is 18.0 Å². The second-order valence-corrected chi connectivity index (χ2v) is 9.27. The Hall–Kier alpha value is -3.69. The summed E-state index contributed by atoms with van der Waals surface area (Å²) in [5, 5.41) is 2.16. The number of carbonyl (C=O) groups is 1. The molecule has 1 N–H and O–H groups in total. The minimum Gasteiger partial charge on any atom is -0.356 e. The predicted molar refractivity (Wildman–Crippen MR) is 135 cm³/mol. The Balaban J connectivity index is 1.53. The van der Waals surface area contributed by atoms with Crippen LogP contribution in [0.1, 0.15) is 17.4 Å². The maximum absolute atomic E-state index is 14.6. The molecule has 4 aromatic rings. The number of ether oxygens (including phenoxy) is 1. The van der Waals surface area contributed by atoms with E-state index in [0.29, 0.717) is 18.9 Å². The summed E-state index contributed by atoms with van der Waals surface area (Å²) in [7, 11) is 2.79. The molecule has 1 aliphatic heterocycles. The number of H-pyrrole nitrogens is 1. The van der Waals surface area contributed by atoms with Crippen LogP contribution < -0.4 is 0 Å². The highest BCUT2D eigenvalue weighted by Gasteiger charge is 2.64. The first kappa shape index (κ1) is 25.0. The molecule has 0 bridgehead atoms. The lowest BCUT2D eigenvalue weighted by Gasteiger charge is -2.44. The van der Waals surface area contributed by atoms with Crippen LogP contribution >= 0.6 is 0 Å². The number of amides is 1. The topological polar surface area (TPSA) is 61.5 Å². The number of hydrogen-bond acceptors (Lipinski definition) is 4. The fourth-order valence-corrected chi connectivity index (χ4v) is 5.01. The fraction of sp³-hybridized carbons (Fsp3) is 0.286. The highest BCUT2D eigenvalue weighted by atomic mass is 19.4. The molecule has 0 unspecified atom stereocenters. The Bertz CT molecular complexity index is 1410. The molecular weight excluding hydrogens is 481 g/mol. The minimum atomic E-state index is -4.98. The molecule has 0 spiro atoms. The van der Waals surface area contributed by atoms with Gasteiger partial charge in [0.1, 0.15) is 11.9 Å². The number of alkyl halides is 3. The number of likely N-dealkylation sites (N-methyl/N-ethyl adjacent to an activating group) is 1. The lowest BCUT2D eigenvalue weighted by Crippen LogP contribution is -2.61. The van der Waals surface area contributed by atoms with E-state index in [-0.39, 0.29) is 12.1 Å². The Kier molecular flexibility index (Phi) is 6.51. The monoisotopic (exact) mass is 508 g/mol. The first-order valence-corrected chi connectivity index (χ1v) is 12.0. The number of rotatable bonds is 5. The number of nitrogens with one attached hydrogen (secondary N) is 1. The summed E-state index contributed by atoms with van der Waals surface area (Å²) in [5.41, 5.74) is -1.77. The highest BCUT2D eigenvalue weighted by Crippen LogP contribution is 2.45. The smallest absolute Gasteiger partial charge is 0.356 e. The van der Waals surface area contributed by atoms with Gasteiger partial charge < -0.3 is 19.5 Å². The van der Waals surface area contributed by atoms with Gasteiger partial charge in [-0.25, -0.2) is 4.98 Å². The third-order valence-corrected chi connectivity index (χ3v) is 7.00. The molecule has 1 amide bonds. The van der Waals surface area contributed by atoms with E-state index in [1.807, 2.05) is 54.4 Å². The Morgan fingerprint density at radius 2 is 1.70 bits per heavy atom. The number of fused-ring (bicyclic) bond motifs is 1. The van der Waals surface area contributed by atoms with Crippen molar-refractivity contribution in [3.8, 4) is 11.3 Å². The van der Waals surface area contributed by atoms with Crippen molar-refractivity contribution >= 4 is 16.7 Å². The summed E-state index contributed by atoms with van der Waals surface area (Å²) in [6, 6.07) is 20.3. The molecule has 3 aromatic carbocycles. The van der Waals surface area contributed by atoms with E-state index in [2.05, 4.69) is 9.97 Å². The summed E-state index contributed by atoms with van der Waals surface area (Å²) in [5.74, 6) is -0.737. The molecule has 1 saturated heterocycles. The summed E-state index contributed by atoms with van der Waals surface area (Å²) >= 11 is 0. The average Bonchev–Trinajstić information content (AvgIpc) is 3.39. The molecule has 192 valence electrons. The van der Waals surface area contributed by atoms with Crippen molar-refractivity contribution < 1.29 is 22.7 Å². The van der Waals surface area contributed by atoms with Crippen molar-refractivity contribution in [3.05, 3.63) is 90.4 Å². The van der Waals surface area contributed by atoms with Crippen molar-refractivity contribution in [3.63, 3.8) is 0 Å². The van der Waals surface area contributed by atoms with Gasteiger partial charge in [-0.1, -0.05) is 66.7 Å². The number of aromatic nitrogens is 2. The molecule has 5 rings (SSSR count). The molecule has 0 radical (unpaired) electrons. The minimum absolute atomic E-state index is 0.0973. The summed E-state index contributed by atoms with van der Waals surface area (Å²) in [6.07, 6.45) is -3.32. The van der Waals surface area contributed by atoms with E-state index >= 15 is 0 Å². The zero-order valence-electron chi connectivity index (χ0n) is 20.5. The molecule has 9 heteroatoms. The van der Waals surface area contributed by atoms with E-state index in [1.54, 1.807) is 12.3 Å². The molecule has 0 aliphatic carbocycles. The van der Waals surface area contributed by atoms with Crippen LogP contribution in [0.2, 0.25) is 0 Å². The lowest BCUT2D eigenvalue weighted by molar-refractivity contribution is -0.272. The van der Waals surface area contributed by atoms with Crippen molar-refractivity contribution in [1.82, 2.24) is 19.8 Å². The molecular formula is C28H27F3N4O2. The first-order chi connectivity index (χ1) is 17.7. The standard InChI is InChI=1S/C28H27F3N4O2/c1-34-14-15-35(26(36)27(37-2,28(29,30)31)22-10-4-3-5-11-22)24(18-34)25-32-17-23(33-25)21-13-12-19-8-6-7-9-20(19)16-21/h3-13,16-17,24H,14-15,18H2,1-2H3,(H,32,33)/t24-,27+/m1/s1. The van der Waals surface area contributed by atoms with Gasteiger partial charge in [0.2, 0.25) is 0 Å². The number of piperazine rings is 1. The molecule has 2 heterocycles. The molecule has 37 heavy (non-hydrogen) atoms. The number of methoxy groups -OCH3 is 1. The van der Waals surface area contributed by atoms with Gasteiger partial charge in [-0.15, -0.1) is 0 Å². The zero-order valence-corrected chi connectivity index (χ0v) is 20.5. The number of benzene rings is 3. The van der Waals surface area contributed by atoms with Crippen LogP contribution in [-0.2, 0) is 15.1 Å². The predicted octanol–water partition coefficient (Wildman–Crippen LogP) is 5.15. The van der Waals surface area contributed by atoms with Gasteiger partial charge in [-0.2, -0.15) is 13.2 Å². The van der Waals surface area contributed by atoms with Gasteiger partial charge in [0.15, 0.2) is 0 Å². The van der Waals surface area contributed by atoms with Crippen LogP contribution in [0.3, 0.4) is 0 Å². The van der Waals surface area contributed by atoms with Crippen LogP contribution in [0, 0.1) is 0 Å². The third-order valence-electron chi connectivity index (χ3n) is 7.00. The van der Waals surface area contributed by atoms with Crippen LogP contribution in [0.25, 0.3) is 22.0 Å². The van der Waals surface area contributed by atoms with Gasteiger partial charge in [0.05, 0.1) is 11.9 Å². The Morgan fingerprint density at radius 1 is 1.00 bits per heavy atom. The van der Waals surface area contributed by atoms with Crippen molar-refractivity contribution in [2.45, 2.75) is 17.8 Å². The summed E-state index contributed by atoms with van der Waals surface area (Å²) < 4.78 is 48.9. The van der Waals surface area contributed by atoms with Crippen molar-refractivity contribution in [1.29, 1.82) is 0 Å². The summed E-state index contributed by atoms with van der Waals surface area (Å²) in [4.78, 5) is 24.8. The highest BCUT2D eigenvalue weighted by molar-refractivity contribution is 5.88. The quantitative estimate of drug-likeness (QED) is 0.405. The maximum Gasteiger partial charge on any atom is 0.430 e. The van der Waals surface area contributed by atoms with Crippen molar-refractivity contribution in [2.24, 2.45) is 0 Å². The largest absolute Gasteiger partial charge is 0.430 e. The van der Waals surface area contributed by atoms with Crippen LogP contribution in [0.5, 0.6) is 0 Å². The molecule has 6 nitrogen and oxygen atoms in total. The Morgan fingerprint density at radius 3 is 2.41 bits per heavy atom. The Labute approximate surface area is 212 Å². The maximum atomic E-state index is 14.6. The zero-order chi connectivity index (χ0) is 26.2. The third kappa shape index (κ3) is 4.38. The molecule has 0 saturated carbocycles. The molecule has 2 atom stereocenters. The van der Waals surface area contributed by atoms with Crippen LogP contribution in [0.15, 0.2) is 79.0 Å². The average molecular weight is 509 g/mol. The van der Waals surface area contributed by atoms with Gasteiger partial charge in [0.25, 0.3) is 11.5 Å². The lowest BCUT2D eigenvalue weighted by atomic mass is 9.90. The second-order valence-electron chi connectivity index (χ2n) is 9.27. The van der Waals surface area contributed by atoms with Gasteiger partial charge >= 0.3 is 6.18 Å². The number of carbonyl (C=O) groups excluding carboxylic acids is 1. The molecule has 1 aliphatic rings.